The summed E-state index contributed by atoms with van der Waals surface area (Å²) in [7, 11) is -3.58. The van der Waals surface area contributed by atoms with Crippen LogP contribution in [0.5, 0.6) is 5.75 Å². The summed E-state index contributed by atoms with van der Waals surface area (Å²) in [4.78, 5) is 2.09. The Balaban J connectivity index is 1.82. The molecule has 0 unspecified atom stereocenters. The van der Waals surface area contributed by atoms with E-state index in [-0.39, 0.29) is 24.7 Å². The molecule has 160 valence electrons. The Kier molecular flexibility index (Phi) is 9.86. The van der Waals surface area contributed by atoms with Crippen LogP contribution in [-0.4, -0.2) is 69.5 Å². The Morgan fingerprint density at radius 1 is 1.00 bits per heavy atom. The van der Waals surface area contributed by atoms with E-state index in [1.54, 1.807) is 12.1 Å². The van der Waals surface area contributed by atoms with Crippen LogP contribution in [0.2, 0.25) is 5.02 Å². The molecule has 7 nitrogen and oxygen atoms in total. The van der Waals surface area contributed by atoms with Crippen molar-refractivity contribution in [2.45, 2.75) is 11.3 Å². The van der Waals surface area contributed by atoms with Gasteiger partial charge in [-0.3, -0.25) is 4.90 Å². The third-order valence-corrected chi connectivity index (χ3v) is 5.97. The predicted molar refractivity (Wildman–Crippen MR) is 113 cm³/mol. The summed E-state index contributed by atoms with van der Waals surface area (Å²) < 4.78 is 32.9. The fourth-order valence-corrected chi connectivity index (χ4v) is 3.89. The molecule has 0 bridgehead atoms. The molecule has 0 saturated carbocycles. The van der Waals surface area contributed by atoms with Crippen molar-refractivity contribution in [1.29, 1.82) is 0 Å². The number of nitrogens with one attached hydrogen (secondary N) is 1. The van der Waals surface area contributed by atoms with Crippen molar-refractivity contribution in [3.63, 3.8) is 0 Å². The molecule has 2 aromatic carbocycles. The Hall–Kier alpha value is -1.68. The largest absolute Gasteiger partial charge is 0.492 e. The quantitative estimate of drug-likeness (QED) is 0.435. The molecule has 2 rings (SSSR count). The van der Waals surface area contributed by atoms with Crippen LogP contribution in [0, 0.1) is 0 Å². The van der Waals surface area contributed by atoms with Gasteiger partial charge < -0.3 is 14.9 Å². The summed E-state index contributed by atoms with van der Waals surface area (Å²) in [6.45, 7) is 2.30. The lowest BCUT2D eigenvalue weighted by Crippen LogP contribution is -2.33. The fraction of sp³-hybridized carbons (Fsp3) is 0.400. The lowest BCUT2D eigenvalue weighted by Gasteiger charge is -2.20. The van der Waals surface area contributed by atoms with E-state index >= 15 is 0 Å². The Labute approximate surface area is 176 Å². The average Bonchev–Trinajstić information content (AvgIpc) is 2.69. The first-order valence-corrected chi connectivity index (χ1v) is 11.2. The second-order valence-corrected chi connectivity index (χ2v) is 8.59. The number of aliphatic hydroxyl groups is 2. The number of hydrogen-bond donors (Lipinski definition) is 3. The lowest BCUT2D eigenvalue weighted by atomic mass is 10.1. The molecule has 0 aliphatic carbocycles. The van der Waals surface area contributed by atoms with E-state index in [4.69, 9.17) is 26.6 Å². The van der Waals surface area contributed by atoms with Crippen molar-refractivity contribution in [3.05, 3.63) is 59.1 Å². The molecule has 0 radical (unpaired) electrons. The highest BCUT2D eigenvalue weighted by Gasteiger charge is 2.13. The van der Waals surface area contributed by atoms with Crippen molar-refractivity contribution in [2.75, 3.05) is 46.0 Å². The van der Waals surface area contributed by atoms with Crippen LogP contribution in [-0.2, 0) is 16.4 Å². The van der Waals surface area contributed by atoms with Gasteiger partial charge in [0.15, 0.2) is 0 Å². The minimum atomic E-state index is -3.58. The van der Waals surface area contributed by atoms with Crippen LogP contribution in [0.4, 0.5) is 0 Å². The number of halogens is 1. The van der Waals surface area contributed by atoms with E-state index in [1.165, 1.54) is 12.1 Å². The zero-order valence-corrected chi connectivity index (χ0v) is 17.7. The Morgan fingerprint density at radius 3 is 2.34 bits per heavy atom. The van der Waals surface area contributed by atoms with E-state index in [0.717, 1.165) is 5.56 Å². The zero-order valence-electron chi connectivity index (χ0n) is 16.1. The van der Waals surface area contributed by atoms with Crippen LogP contribution in [0.1, 0.15) is 5.56 Å². The molecular formula is C20H27ClN2O5S. The highest BCUT2D eigenvalue weighted by atomic mass is 35.5. The van der Waals surface area contributed by atoms with Gasteiger partial charge in [-0.15, -0.1) is 0 Å². The van der Waals surface area contributed by atoms with Gasteiger partial charge >= 0.3 is 0 Å². The van der Waals surface area contributed by atoms with Crippen LogP contribution >= 0.6 is 11.6 Å². The van der Waals surface area contributed by atoms with E-state index in [0.29, 0.717) is 43.4 Å². The van der Waals surface area contributed by atoms with Crippen LogP contribution < -0.4 is 9.46 Å². The number of ether oxygens (including phenoxy) is 1. The maximum absolute atomic E-state index is 12.3. The summed E-state index contributed by atoms with van der Waals surface area (Å²) in [5.41, 5.74) is 0.948. The van der Waals surface area contributed by atoms with Crippen molar-refractivity contribution in [2.24, 2.45) is 0 Å². The first-order chi connectivity index (χ1) is 13.9. The lowest BCUT2D eigenvalue weighted by molar-refractivity contribution is 0.141. The summed E-state index contributed by atoms with van der Waals surface area (Å²) >= 11 is 5.79. The van der Waals surface area contributed by atoms with Crippen LogP contribution in [0.3, 0.4) is 0 Å². The molecule has 0 aliphatic heterocycles. The standard InChI is InChI=1S/C20H27ClN2O5S/c21-18-4-6-20(7-5-18)29(26,27)22-9-8-17-2-1-3-19(16-17)28-15-12-23(10-13-24)11-14-25/h1-7,16,22,24-25H,8-15H2. The molecule has 9 heteroatoms. The van der Waals surface area contributed by atoms with Crippen molar-refractivity contribution in [3.8, 4) is 5.75 Å². The van der Waals surface area contributed by atoms with Gasteiger partial charge in [0.05, 0.1) is 18.1 Å². The minimum Gasteiger partial charge on any atom is -0.492 e. The number of nitrogens with zero attached hydrogens (tertiary/aromatic N) is 1. The molecule has 0 fully saturated rings. The average molecular weight is 443 g/mol. The zero-order chi connectivity index (χ0) is 21.1. The molecule has 0 heterocycles. The first-order valence-electron chi connectivity index (χ1n) is 9.35. The Morgan fingerprint density at radius 2 is 1.69 bits per heavy atom. The first kappa shape index (κ1) is 23.6. The van der Waals surface area contributed by atoms with Gasteiger partial charge in [0.2, 0.25) is 10.0 Å². The number of sulfonamides is 1. The van der Waals surface area contributed by atoms with Crippen LogP contribution in [0.25, 0.3) is 0 Å². The maximum atomic E-state index is 12.3. The molecule has 3 N–H and O–H groups in total. The third-order valence-electron chi connectivity index (χ3n) is 4.24. The highest BCUT2D eigenvalue weighted by Crippen LogP contribution is 2.15. The fourth-order valence-electron chi connectivity index (χ4n) is 2.73. The monoisotopic (exact) mass is 442 g/mol. The SMILES string of the molecule is O=S(=O)(NCCc1cccc(OCCN(CCO)CCO)c1)c1ccc(Cl)cc1. The summed E-state index contributed by atoms with van der Waals surface area (Å²) in [6, 6.07) is 13.5. The molecule has 0 amide bonds. The predicted octanol–water partition coefficient (Wildman–Crippen LogP) is 1.53. The van der Waals surface area contributed by atoms with Gasteiger partial charge in [0.25, 0.3) is 0 Å². The van der Waals surface area contributed by atoms with Gasteiger partial charge in [-0.25, -0.2) is 13.1 Å². The number of hydrogen-bond acceptors (Lipinski definition) is 6. The molecular weight excluding hydrogens is 416 g/mol. The Bertz CT molecular complexity index is 840. The van der Waals surface area contributed by atoms with Gasteiger partial charge in [0.1, 0.15) is 12.4 Å². The topological polar surface area (TPSA) is 99.1 Å². The van der Waals surface area contributed by atoms with Gasteiger partial charge in [-0.1, -0.05) is 23.7 Å². The molecule has 0 spiro atoms. The molecule has 0 aliphatic rings. The molecule has 29 heavy (non-hydrogen) atoms. The maximum Gasteiger partial charge on any atom is 0.240 e. The normalized spacial score (nSPS) is 11.7. The minimum absolute atomic E-state index is 0.0292. The molecule has 0 saturated heterocycles. The third kappa shape index (κ3) is 8.30. The van der Waals surface area contributed by atoms with Gasteiger partial charge in [-0.05, 0) is 48.4 Å². The molecule has 0 atom stereocenters. The van der Waals surface area contributed by atoms with Crippen LogP contribution in [0.15, 0.2) is 53.4 Å². The molecule has 0 aromatic heterocycles. The van der Waals surface area contributed by atoms with Crippen molar-refractivity contribution < 1.29 is 23.4 Å². The summed E-state index contributed by atoms with van der Waals surface area (Å²) in [5.74, 6) is 0.691. The summed E-state index contributed by atoms with van der Waals surface area (Å²) in [6.07, 6.45) is 0.519. The van der Waals surface area contributed by atoms with Gasteiger partial charge in [0, 0.05) is 31.2 Å². The summed E-state index contributed by atoms with van der Waals surface area (Å²) in [5, 5.41) is 18.5. The van der Waals surface area contributed by atoms with Crippen molar-refractivity contribution in [1.82, 2.24) is 9.62 Å². The molecule has 2 aromatic rings. The van der Waals surface area contributed by atoms with E-state index in [1.807, 2.05) is 29.2 Å². The second-order valence-electron chi connectivity index (χ2n) is 6.39. The van der Waals surface area contributed by atoms with E-state index < -0.39 is 10.0 Å². The highest BCUT2D eigenvalue weighted by molar-refractivity contribution is 7.89. The van der Waals surface area contributed by atoms with E-state index in [9.17, 15) is 8.42 Å². The smallest absolute Gasteiger partial charge is 0.240 e. The van der Waals surface area contributed by atoms with E-state index in [2.05, 4.69) is 4.72 Å². The number of rotatable bonds is 13. The number of benzene rings is 2. The van der Waals surface area contributed by atoms with Crippen molar-refractivity contribution >= 4 is 21.6 Å². The second kappa shape index (κ2) is 12.1. The van der Waals surface area contributed by atoms with Gasteiger partial charge in [-0.2, -0.15) is 0 Å². The number of aliphatic hydroxyl groups excluding tert-OH is 2.